The molecule has 29 heavy (non-hydrogen) atoms. The maximum atomic E-state index is 14.7. The van der Waals surface area contributed by atoms with Crippen LogP contribution in [0, 0.1) is 11.6 Å². The van der Waals surface area contributed by atoms with Gasteiger partial charge in [-0.2, -0.15) is 4.37 Å². The summed E-state index contributed by atoms with van der Waals surface area (Å²) in [5, 5.41) is 4.08. The Morgan fingerprint density at radius 2 is 1.83 bits per heavy atom. The van der Waals surface area contributed by atoms with E-state index in [1.807, 2.05) is 13.8 Å². The molecule has 3 aromatic rings. The second kappa shape index (κ2) is 7.68. The topological polar surface area (TPSA) is 54.5 Å². The Bertz CT molecular complexity index is 1050. The van der Waals surface area contributed by atoms with Crippen LogP contribution in [0.25, 0.3) is 21.2 Å². The minimum atomic E-state index is -0.743. The van der Waals surface area contributed by atoms with Gasteiger partial charge in [-0.05, 0) is 43.1 Å². The minimum absolute atomic E-state index is 0.0992. The second-order valence-corrected chi connectivity index (χ2v) is 8.21. The van der Waals surface area contributed by atoms with Gasteiger partial charge < -0.3 is 15.0 Å². The van der Waals surface area contributed by atoms with Gasteiger partial charge in [-0.15, -0.1) is 0 Å². The van der Waals surface area contributed by atoms with Gasteiger partial charge in [0, 0.05) is 48.9 Å². The van der Waals surface area contributed by atoms with E-state index in [2.05, 4.69) is 9.69 Å². The Balaban J connectivity index is 1.82. The quantitative estimate of drug-likeness (QED) is 0.698. The summed E-state index contributed by atoms with van der Waals surface area (Å²) in [4.78, 5) is 15.1. The highest BCUT2D eigenvalue weighted by atomic mass is 32.1. The predicted octanol–water partition coefficient (Wildman–Crippen LogP) is 4.07. The Kier molecular flexibility index (Phi) is 5.23. The highest BCUT2D eigenvalue weighted by molar-refractivity contribution is 7.13. The van der Waals surface area contributed by atoms with E-state index in [0.29, 0.717) is 34.3 Å². The van der Waals surface area contributed by atoms with Crippen LogP contribution in [0.4, 0.5) is 8.78 Å². The van der Waals surface area contributed by atoms with Gasteiger partial charge in [0.1, 0.15) is 17.4 Å². The van der Waals surface area contributed by atoms with E-state index in [0.717, 1.165) is 12.1 Å². The molecule has 0 saturated carbocycles. The number of carbonyl (C=O) groups excluding carboxylic acids is 1. The van der Waals surface area contributed by atoms with Gasteiger partial charge in [-0.3, -0.25) is 4.79 Å². The number of amides is 1. The first-order valence-corrected chi connectivity index (χ1v) is 10.1. The fourth-order valence-corrected chi connectivity index (χ4v) is 4.63. The summed E-state index contributed by atoms with van der Waals surface area (Å²) in [6.45, 7) is 5.19. The lowest BCUT2D eigenvalue weighted by molar-refractivity contribution is 0.0676. The van der Waals surface area contributed by atoms with Crippen LogP contribution in [0.3, 0.4) is 0 Å². The number of ether oxygens (including phenoxy) is 1. The highest BCUT2D eigenvalue weighted by Gasteiger charge is 2.28. The number of aromatic nitrogens is 1. The van der Waals surface area contributed by atoms with E-state index in [1.54, 1.807) is 23.2 Å². The molecule has 1 aliphatic rings. The van der Waals surface area contributed by atoms with Gasteiger partial charge in [0.05, 0.1) is 22.9 Å². The molecule has 1 N–H and O–H groups in total. The van der Waals surface area contributed by atoms with E-state index >= 15 is 0 Å². The standard InChI is InChI=1S/C21H21F2N3O2S/c1-11-9-26(10-12(2)25-11)21(27)16-5-13(4-14-8-24-29-20(14)16)19-17(22)6-15(28-3)7-18(19)23/h4-8,11-12,25H,9-10H2,1-3H3/t11-,12+. The first kappa shape index (κ1) is 19.7. The van der Waals surface area contributed by atoms with Crippen LogP contribution in [0.1, 0.15) is 24.2 Å². The molecule has 1 aromatic heterocycles. The fraction of sp³-hybridized carbons (Fsp3) is 0.333. The molecule has 1 amide bonds. The third kappa shape index (κ3) is 3.70. The Morgan fingerprint density at radius 3 is 2.45 bits per heavy atom. The molecule has 1 aliphatic heterocycles. The van der Waals surface area contributed by atoms with Crippen molar-refractivity contribution in [1.29, 1.82) is 0 Å². The van der Waals surface area contributed by atoms with Crippen molar-refractivity contribution in [2.24, 2.45) is 0 Å². The molecule has 2 atom stereocenters. The summed E-state index contributed by atoms with van der Waals surface area (Å²) in [6, 6.07) is 5.82. The van der Waals surface area contributed by atoms with Crippen molar-refractivity contribution in [3.63, 3.8) is 0 Å². The van der Waals surface area contributed by atoms with Crippen LogP contribution >= 0.6 is 11.5 Å². The van der Waals surface area contributed by atoms with Gasteiger partial charge in [0.15, 0.2) is 0 Å². The summed E-state index contributed by atoms with van der Waals surface area (Å²) in [5.41, 5.74) is 0.529. The van der Waals surface area contributed by atoms with E-state index in [9.17, 15) is 13.6 Å². The van der Waals surface area contributed by atoms with Crippen molar-refractivity contribution in [1.82, 2.24) is 14.6 Å². The monoisotopic (exact) mass is 417 g/mol. The molecule has 2 heterocycles. The molecule has 0 unspecified atom stereocenters. The molecule has 0 radical (unpaired) electrons. The number of rotatable bonds is 3. The number of nitrogens with one attached hydrogen (secondary N) is 1. The van der Waals surface area contributed by atoms with Gasteiger partial charge in [-0.25, -0.2) is 8.78 Å². The average Bonchev–Trinajstić information content (AvgIpc) is 3.14. The number of piperazine rings is 1. The number of nitrogens with zero attached hydrogens (tertiary/aromatic N) is 2. The molecule has 4 rings (SSSR count). The predicted molar refractivity (Wildman–Crippen MR) is 109 cm³/mol. The summed E-state index contributed by atoms with van der Waals surface area (Å²) >= 11 is 1.21. The third-order valence-electron chi connectivity index (χ3n) is 5.07. The largest absolute Gasteiger partial charge is 0.497 e. The molecule has 0 spiro atoms. The van der Waals surface area contributed by atoms with Crippen molar-refractivity contribution < 1.29 is 18.3 Å². The van der Waals surface area contributed by atoms with Gasteiger partial charge >= 0.3 is 0 Å². The summed E-state index contributed by atoms with van der Waals surface area (Å²) < 4.78 is 39.1. The maximum Gasteiger partial charge on any atom is 0.255 e. The van der Waals surface area contributed by atoms with Crippen molar-refractivity contribution in [2.45, 2.75) is 25.9 Å². The lowest BCUT2D eigenvalue weighted by atomic mass is 9.99. The summed E-state index contributed by atoms with van der Waals surface area (Å²) in [5.74, 6) is -1.54. The third-order valence-corrected chi connectivity index (χ3v) is 5.92. The van der Waals surface area contributed by atoms with Crippen LogP contribution in [0.5, 0.6) is 5.75 Å². The molecule has 5 nitrogen and oxygen atoms in total. The zero-order valence-electron chi connectivity index (χ0n) is 16.3. The normalized spacial score (nSPS) is 19.6. The number of benzene rings is 2. The van der Waals surface area contributed by atoms with Gasteiger partial charge in [0.2, 0.25) is 0 Å². The fourth-order valence-electron chi connectivity index (χ4n) is 3.89. The van der Waals surface area contributed by atoms with Gasteiger partial charge in [-0.1, -0.05) is 0 Å². The number of halogens is 2. The summed E-state index contributed by atoms with van der Waals surface area (Å²) in [6.07, 6.45) is 1.61. The smallest absolute Gasteiger partial charge is 0.255 e. The number of hydrogen-bond acceptors (Lipinski definition) is 5. The number of methoxy groups -OCH3 is 1. The van der Waals surface area contributed by atoms with Crippen LogP contribution in [-0.2, 0) is 0 Å². The molecule has 8 heteroatoms. The van der Waals surface area contributed by atoms with Crippen LogP contribution in [0.15, 0.2) is 30.5 Å². The van der Waals surface area contributed by atoms with E-state index < -0.39 is 11.6 Å². The first-order valence-electron chi connectivity index (χ1n) is 9.34. The maximum absolute atomic E-state index is 14.7. The van der Waals surface area contributed by atoms with Crippen molar-refractivity contribution in [2.75, 3.05) is 20.2 Å². The zero-order chi connectivity index (χ0) is 20.7. The minimum Gasteiger partial charge on any atom is -0.497 e. The van der Waals surface area contributed by atoms with E-state index in [4.69, 9.17) is 4.74 Å². The molecule has 0 aliphatic carbocycles. The van der Waals surface area contributed by atoms with Crippen molar-refractivity contribution >= 4 is 27.5 Å². The van der Waals surface area contributed by atoms with Crippen LogP contribution in [-0.4, -0.2) is 47.5 Å². The number of hydrogen-bond donors (Lipinski definition) is 1. The second-order valence-electron chi connectivity index (χ2n) is 7.41. The molecule has 2 aromatic carbocycles. The van der Waals surface area contributed by atoms with E-state index in [-0.39, 0.29) is 29.3 Å². The van der Waals surface area contributed by atoms with E-state index in [1.165, 1.54) is 18.6 Å². The Hall–Kier alpha value is -2.58. The SMILES string of the molecule is COc1cc(F)c(-c2cc(C(=O)N3C[C@@H](C)N[C@@H](C)C3)c3sncc3c2)c(F)c1. The Morgan fingerprint density at radius 1 is 1.17 bits per heavy atom. The highest BCUT2D eigenvalue weighted by Crippen LogP contribution is 2.35. The molecule has 1 saturated heterocycles. The van der Waals surface area contributed by atoms with Gasteiger partial charge in [0.25, 0.3) is 5.91 Å². The van der Waals surface area contributed by atoms with Crippen molar-refractivity contribution in [3.05, 3.63) is 47.7 Å². The molecular weight excluding hydrogens is 396 g/mol. The summed E-state index contributed by atoms with van der Waals surface area (Å²) in [7, 11) is 1.35. The Labute approximate surface area is 171 Å². The molecule has 152 valence electrons. The first-order chi connectivity index (χ1) is 13.9. The average molecular weight is 417 g/mol. The van der Waals surface area contributed by atoms with Crippen LogP contribution < -0.4 is 10.1 Å². The molecule has 1 fully saturated rings. The molecule has 0 bridgehead atoms. The number of fused-ring (bicyclic) bond motifs is 1. The molecular formula is C21H21F2N3O2S. The van der Waals surface area contributed by atoms with Crippen molar-refractivity contribution in [3.8, 4) is 16.9 Å². The number of carbonyl (C=O) groups is 1. The zero-order valence-corrected chi connectivity index (χ0v) is 17.1. The lowest BCUT2D eigenvalue weighted by Crippen LogP contribution is -2.55. The van der Waals surface area contributed by atoms with Crippen LogP contribution in [0.2, 0.25) is 0 Å². The lowest BCUT2D eigenvalue weighted by Gasteiger charge is -2.36.